The average Bonchev–Trinajstić information content (AvgIpc) is 2.23. The van der Waals surface area contributed by atoms with Crippen LogP contribution in [0.15, 0.2) is 18.2 Å². The molecule has 1 aromatic carbocycles. The van der Waals surface area contributed by atoms with E-state index in [-0.39, 0.29) is 11.6 Å². The summed E-state index contributed by atoms with van der Waals surface area (Å²) >= 11 is 5.58. The molecule has 2 nitrogen and oxygen atoms in total. The van der Waals surface area contributed by atoms with E-state index in [0.717, 1.165) is 12.1 Å². The Hall–Kier alpha value is -0.640. The maximum absolute atomic E-state index is 13.1. The van der Waals surface area contributed by atoms with Gasteiger partial charge in [0.25, 0.3) is 0 Å². The molecule has 4 heteroatoms. The standard InChI is InChI=1S/C11H15ClFNO/c1-2-14(5-6-15)8-9-3-4-10(12)11(13)7-9/h3-4,7,15H,2,5-6,8H2,1H3. The summed E-state index contributed by atoms with van der Waals surface area (Å²) in [6, 6.07) is 4.78. The highest BCUT2D eigenvalue weighted by Crippen LogP contribution is 2.16. The molecule has 0 aliphatic heterocycles. The highest BCUT2D eigenvalue weighted by Gasteiger charge is 2.05. The Morgan fingerprint density at radius 3 is 2.73 bits per heavy atom. The molecule has 0 aliphatic carbocycles. The summed E-state index contributed by atoms with van der Waals surface area (Å²) in [6.07, 6.45) is 0. The summed E-state index contributed by atoms with van der Waals surface area (Å²) in [6.45, 7) is 4.17. The minimum Gasteiger partial charge on any atom is -0.395 e. The maximum atomic E-state index is 13.1. The summed E-state index contributed by atoms with van der Waals surface area (Å²) < 4.78 is 13.1. The molecule has 1 N–H and O–H groups in total. The number of halogens is 2. The van der Waals surface area contributed by atoms with Crippen LogP contribution in [0.2, 0.25) is 5.02 Å². The van der Waals surface area contributed by atoms with Crippen molar-refractivity contribution in [2.75, 3.05) is 19.7 Å². The summed E-state index contributed by atoms with van der Waals surface area (Å²) in [5.74, 6) is -0.394. The molecule has 15 heavy (non-hydrogen) atoms. The van der Waals surface area contributed by atoms with Gasteiger partial charge < -0.3 is 5.11 Å². The van der Waals surface area contributed by atoms with Crippen LogP contribution in [-0.2, 0) is 6.54 Å². The van der Waals surface area contributed by atoms with Crippen LogP contribution in [0.25, 0.3) is 0 Å². The fourth-order valence-electron chi connectivity index (χ4n) is 1.39. The first-order chi connectivity index (χ1) is 7.17. The van der Waals surface area contributed by atoms with Crippen LogP contribution < -0.4 is 0 Å². The molecule has 0 fully saturated rings. The average molecular weight is 232 g/mol. The fraction of sp³-hybridized carbons (Fsp3) is 0.455. The lowest BCUT2D eigenvalue weighted by atomic mass is 10.2. The third-order valence-corrected chi connectivity index (χ3v) is 2.56. The zero-order valence-corrected chi connectivity index (χ0v) is 9.47. The molecule has 0 amide bonds. The second-order valence-corrected chi connectivity index (χ2v) is 3.75. The monoisotopic (exact) mass is 231 g/mol. The van der Waals surface area contributed by atoms with E-state index < -0.39 is 5.82 Å². The maximum Gasteiger partial charge on any atom is 0.142 e. The molecular formula is C11H15ClFNO. The number of nitrogens with zero attached hydrogens (tertiary/aromatic N) is 1. The number of rotatable bonds is 5. The lowest BCUT2D eigenvalue weighted by molar-refractivity contribution is 0.196. The van der Waals surface area contributed by atoms with E-state index in [1.165, 1.54) is 6.07 Å². The van der Waals surface area contributed by atoms with Gasteiger partial charge in [0.05, 0.1) is 11.6 Å². The Balaban J connectivity index is 2.66. The zero-order chi connectivity index (χ0) is 11.3. The van der Waals surface area contributed by atoms with Crippen molar-refractivity contribution in [1.29, 1.82) is 0 Å². The number of hydrogen-bond donors (Lipinski definition) is 1. The Labute approximate surface area is 94.3 Å². The molecule has 0 unspecified atom stereocenters. The van der Waals surface area contributed by atoms with E-state index in [0.29, 0.717) is 13.1 Å². The third-order valence-electron chi connectivity index (χ3n) is 2.25. The molecule has 0 atom stereocenters. The van der Waals surface area contributed by atoms with Crippen molar-refractivity contribution in [1.82, 2.24) is 4.90 Å². The third kappa shape index (κ3) is 3.78. The van der Waals surface area contributed by atoms with Crippen molar-refractivity contribution in [2.45, 2.75) is 13.5 Å². The zero-order valence-electron chi connectivity index (χ0n) is 8.71. The van der Waals surface area contributed by atoms with Gasteiger partial charge in [-0.1, -0.05) is 24.6 Å². The summed E-state index contributed by atoms with van der Waals surface area (Å²) in [7, 11) is 0. The molecule has 0 aliphatic rings. The van der Waals surface area contributed by atoms with Crippen LogP contribution in [0.3, 0.4) is 0 Å². The van der Waals surface area contributed by atoms with Crippen molar-refractivity contribution in [3.05, 3.63) is 34.6 Å². The Morgan fingerprint density at radius 1 is 1.47 bits per heavy atom. The molecule has 0 aromatic heterocycles. The topological polar surface area (TPSA) is 23.5 Å². The van der Waals surface area contributed by atoms with E-state index in [2.05, 4.69) is 0 Å². The quantitative estimate of drug-likeness (QED) is 0.841. The van der Waals surface area contributed by atoms with Crippen molar-refractivity contribution in [2.24, 2.45) is 0 Å². The van der Waals surface area contributed by atoms with Crippen LogP contribution in [0.1, 0.15) is 12.5 Å². The summed E-state index contributed by atoms with van der Waals surface area (Å²) in [5, 5.41) is 8.95. The second-order valence-electron chi connectivity index (χ2n) is 3.34. The molecule has 0 spiro atoms. The Kier molecular flexibility index (Phi) is 5.02. The molecule has 0 heterocycles. The first-order valence-electron chi connectivity index (χ1n) is 4.94. The number of aliphatic hydroxyl groups is 1. The van der Waals surface area contributed by atoms with Crippen molar-refractivity contribution >= 4 is 11.6 Å². The number of aliphatic hydroxyl groups excluding tert-OH is 1. The SMILES string of the molecule is CCN(CCO)Cc1ccc(Cl)c(F)c1. The Bertz CT molecular complexity index is 319. The lowest BCUT2D eigenvalue weighted by Gasteiger charge is -2.19. The first-order valence-corrected chi connectivity index (χ1v) is 5.32. The molecular weight excluding hydrogens is 217 g/mol. The van der Waals surface area contributed by atoms with Gasteiger partial charge in [-0.05, 0) is 24.2 Å². The first kappa shape index (κ1) is 12.4. The van der Waals surface area contributed by atoms with Crippen LogP contribution in [0.4, 0.5) is 4.39 Å². The highest BCUT2D eigenvalue weighted by atomic mass is 35.5. The minimum atomic E-state index is -0.394. The molecule has 0 radical (unpaired) electrons. The van der Waals surface area contributed by atoms with Crippen LogP contribution in [0, 0.1) is 5.82 Å². The summed E-state index contributed by atoms with van der Waals surface area (Å²) in [4.78, 5) is 2.03. The second kappa shape index (κ2) is 6.05. The molecule has 0 saturated heterocycles. The molecule has 0 saturated carbocycles. The largest absolute Gasteiger partial charge is 0.395 e. The van der Waals surface area contributed by atoms with Gasteiger partial charge in [0.2, 0.25) is 0 Å². The van der Waals surface area contributed by atoms with Crippen molar-refractivity contribution in [3.63, 3.8) is 0 Å². The van der Waals surface area contributed by atoms with Gasteiger partial charge in [0, 0.05) is 13.1 Å². The van der Waals surface area contributed by atoms with Gasteiger partial charge in [0.1, 0.15) is 5.82 Å². The van der Waals surface area contributed by atoms with Crippen molar-refractivity contribution < 1.29 is 9.50 Å². The number of likely N-dealkylation sites (N-methyl/N-ethyl adjacent to an activating group) is 1. The fourth-order valence-corrected chi connectivity index (χ4v) is 1.50. The van der Waals surface area contributed by atoms with Crippen LogP contribution >= 0.6 is 11.6 Å². The van der Waals surface area contributed by atoms with Gasteiger partial charge in [-0.15, -0.1) is 0 Å². The van der Waals surface area contributed by atoms with E-state index in [1.54, 1.807) is 12.1 Å². The predicted molar refractivity (Wildman–Crippen MR) is 59.4 cm³/mol. The predicted octanol–water partition coefficient (Wildman–Crippen LogP) is 2.29. The number of benzene rings is 1. The normalized spacial score (nSPS) is 11.0. The lowest BCUT2D eigenvalue weighted by Crippen LogP contribution is -2.26. The molecule has 1 aromatic rings. The van der Waals surface area contributed by atoms with Crippen LogP contribution in [-0.4, -0.2) is 29.7 Å². The van der Waals surface area contributed by atoms with Gasteiger partial charge >= 0.3 is 0 Å². The van der Waals surface area contributed by atoms with Gasteiger partial charge in [-0.3, -0.25) is 4.90 Å². The van der Waals surface area contributed by atoms with Gasteiger partial charge in [0.15, 0.2) is 0 Å². The van der Waals surface area contributed by atoms with Gasteiger partial charge in [-0.2, -0.15) is 0 Å². The smallest absolute Gasteiger partial charge is 0.142 e. The van der Waals surface area contributed by atoms with Crippen molar-refractivity contribution in [3.8, 4) is 0 Å². The number of hydrogen-bond acceptors (Lipinski definition) is 2. The Morgan fingerprint density at radius 2 is 2.20 bits per heavy atom. The van der Waals surface area contributed by atoms with E-state index >= 15 is 0 Å². The molecule has 84 valence electrons. The van der Waals surface area contributed by atoms with Gasteiger partial charge in [-0.25, -0.2) is 4.39 Å². The minimum absolute atomic E-state index is 0.115. The van der Waals surface area contributed by atoms with E-state index in [4.69, 9.17) is 16.7 Å². The molecule has 0 bridgehead atoms. The van der Waals surface area contributed by atoms with E-state index in [9.17, 15) is 4.39 Å². The van der Waals surface area contributed by atoms with Crippen LogP contribution in [0.5, 0.6) is 0 Å². The highest BCUT2D eigenvalue weighted by molar-refractivity contribution is 6.30. The molecule has 1 rings (SSSR count). The van der Waals surface area contributed by atoms with E-state index in [1.807, 2.05) is 11.8 Å². The summed E-state index contributed by atoms with van der Waals surface area (Å²) in [5.41, 5.74) is 0.868.